The third-order valence-electron chi connectivity index (χ3n) is 3.75. The smallest absolute Gasteiger partial charge is 0.337 e. The topological polar surface area (TPSA) is 75.8 Å². The van der Waals surface area contributed by atoms with E-state index in [1.807, 2.05) is 20.0 Å². The quantitative estimate of drug-likeness (QED) is 0.815. The minimum absolute atomic E-state index is 0.175. The molecular weight excluding hydrogens is 244 g/mol. The summed E-state index contributed by atoms with van der Waals surface area (Å²) >= 11 is 0. The van der Waals surface area contributed by atoms with Gasteiger partial charge in [-0.25, -0.2) is 4.79 Å². The highest BCUT2D eigenvalue weighted by Crippen LogP contribution is 2.28. The monoisotopic (exact) mass is 264 g/mol. The largest absolute Gasteiger partial charge is 0.478 e. The van der Waals surface area contributed by atoms with E-state index >= 15 is 0 Å². The van der Waals surface area contributed by atoms with Gasteiger partial charge in [-0.15, -0.1) is 0 Å². The second-order valence-corrected chi connectivity index (χ2v) is 4.98. The lowest BCUT2D eigenvalue weighted by atomic mass is 10.0. The summed E-state index contributed by atoms with van der Waals surface area (Å²) in [6.45, 7) is 3.35. The van der Waals surface area contributed by atoms with Crippen LogP contribution in [-0.4, -0.2) is 37.4 Å². The number of anilines is 2. The molecule has 0 saturated carbocycles. The summed E-state index contributed by atoms with van der Waals surface area (Å²) in [4.78, 5) is 13.3. The number of carbonyl (C=O) groups is 1. The molecule has 0 amide bonds. The third-order valence-corrected chi connectivity index (χ3v) is 3.75. The van der Waals surface area contributed by atoms with Gasteiger partial charge in [-0.05, 0) is 37.5 Å². The molecule has 0 aliphatic carbocycles. The Bertz CT molecular complexity index is 482. The molecule has 0 unspecified atom stereocenters. The summed E-state index contributed by atoms with van der Waals surface area (Å²) < 4.78 is 5.35. The molecule has 0 radical (unpaired) electrons. The van der Waals surface area contributed by atoms with Crippen LogP contribution in [0.2, 0.25) is 0 Å². The van der Waals surface area contributed by atoms with Gasteiger partial charge in [-0.1, -0.05) is 0 Å². The van der Waals surface area contributed by atoms with Gasteiger partial charge < -0.3 is 20.5 Å². The van der Waals surface area contributed by atoms with Crippen LogP contribution in [0.5, 0.6) is 0 Å². The van der Waals surface area contributed by atoms with E-state index in [2.05, 4.69) is 4.90 Å². The lowest BCUT2D eigenvalue weighted by Gasteiger charge is -2.33. The van der Waals surface area contributed by atoms with Crippen molar-refractivity contribution in [3.05, 3.63) is 23.3 Å². The zero-order chi connectivity index (χ0) is 14.0. The number of nitrogens with zero attached hydrogens (tertiary/aromatic N) is 1. The second-order valence-electron chi connectivity index (χ2n) is 4.98. The molecule has 2 rings (SSSR count). The van der Waals surface area contributed by atoms with Gasteiger partial charge in [0.05, 0.1) is 5.56 Å². The van der Waals surface area contributed by atoms with Crippen LogP contribution < -0.4 is 10.6 Å². The van der Waals surface area contributed by atoms with Gasteiger partial charge in [-0.3, -0.25) is 0 Å². The maximum atomic E-state index is 11.2. The van der Waals surface area contributed by atoms with Gasteiger partial charge in [0.25, 0.3) is 0 Å². The average molecular weight is 264 g/mol. The molecular formula is C14H20N2O3. The number of nitrogens with two attached hydrogens (primary N) is 1. The minimum atomic E-state index is -0.983. The number of aryl methyl sites for hydroxylation is 1. The van der Waals surface area contributed by atoms with E-state index in [4.69, 9.17) is 10.5 Å². The minimum Gasteiger partial charge on any atom is -0.478 e. The van der Waals surface area contributed by atoms with Gasteiger partial charge in [0.2, 0.25) is 0 Å². The molecule has 1 saturated heterocycles. The van der Waals surface area contributed by atoms with Gasteiger partial charge in [0.1, 0.15) is 0 Å². The number of ether oxygens (including phenoxy) is 1. The van der Waals surface area contributed by atoms with Gasteiger partial charge in [0.15, 0.2) is 0 Å². The Labute approximate surface area is 113 Å². The van der Waals surface area contributed by atoms with Crippen LogP contribution in [0.25, 0.3) is 0 Å². The Hall–Kier alpha value is -1.75. The maximum absolute atomic E-state index is 11.2. The number of rotatable bonds is 3. The molecule has 19 heavy (non-hydrogen) atoms. The van der Waals surface area contributed by atoms with Crippen LogP contribution in [-0.2, 0) is 4.74 Å². The molecule has 5 heteroatoms. The van der Waals surface area contributed by atoms with Crippen molar-refractivity contribution < 1.29 is 14.6 Å². The van der Waals surface area contributed by atoms with E-state index in [1.165, 1.54) is 0 Å². The highest BCUT2D eigenvalue weighted by Gasteiger charge is 2.21. The number of hydrogen-bond donors (Lipinski definition) is 2. The molecule has 1 aliphatic heterocycles. The summed E-state index contributed by atoms with van der Waals surface area (Å²) in [5.74, 6) is -0.983. The van der Waals surface area contributed by atoms with E-state index in [0.717, 1.165) is 37.3 Å². The molecule has 1 aromatic carbocycles. The number of aromatic carboxylic acids is 1. The first-order valence-corrected chi connectivity index (χ1v) is 6.44. The standard InChI is InChI=1S/C14H20N2O3/c1-9-7-11(8-12(13(9)15)14(17)18)16(2)10-3-5-19-6-4-10/h7-8,10H,3-6,15H2,1-2H3,(H,17,18). The van der Waals surface area contributed by atoms with Crippen molar-refractivity contribution in [2.24, 2.45) is 0 Å². The van der Waals surface area contributed by atoms with Gasteiger partial charge >= 0.3 is 5.97 Å². The fourth-order valence-corrected chi connectivity index (χ4v) is 2.44. The van der Waals surface area contributed by atoms with Crippen molar-refractivity contribution in [3.63, 3.8) is 0 Å². The summed E-state index contributed by atoms with van der Waals surface area (Å²) in [5, 5.41) is 9.19. The summed E-state index contributed by atoms with van der Waals surface area (Å²) in [6, 6.07) is 3.98. The number of benzene rings is 1. The number of nitrogen functional groups attached to an aromatic ring is 1. The fourth-order valence-electron chi connectivity index (χ4n) is 2.44. The van der Waals surface area contributed by atoms with Crippen LogP contribution in [0.3, 0.4) is 0 Å². The predicted molar refractivity (Wildman–Crippen MR) is 74.8 cm³/mol. The third kappa shape index (κ3) is 2.81. The summed E-state index contributed by atoms with van der Waals surface area (Å²) in [7, 11) is 1.99. The van der Waals surface area contributed by atoms with Gasteiger partial charge in [-0.2, -0.15) is 0 Å². The van der Waals surface area contributed by atoms with Crippen LogP contribution >= 0.6 is 0 Å². The molecule has 0 aromatic heterocycles. The van der Waals surface area contributed by atoms with Crippen molar-refractivity contribution in [1.29, 1.82) is 0 Å². The van der Waals surface area contributed by atoms with Crippen molar-refractivity contribution in [2.45, 2.75) is 25.8 Å². The lowest BCUT2D eigenvalue weighted by molar-refractivity contribution is 0.0697. The second kappa shape index (κ2) is 5.48. The van der Waals surface area contributed by atoms with Crippen molar-refractivity contribution >= 4 is 17.3 Å². The SMILES string of the molecule is Cc1cc(N(C)C2CCOCC2)cc(C(=O)O)c1N. The van der Waals surface area contributed by atoms with Crippen molar-refractivity contribution in [3.8, 4) is 0 Å². The number of carboxylic acid groups (broad SMARTS) is 1. The lowest BCUT2D eigenvalue weighted by Crippen LogP contribution is -2.36. The highest BCUT2D eigenvalue weighted by atomic mass is 16.5. The molecule has 0 spiro atoms. The van der Waals surface area contributed by atoms with E-state index in [-0.39, 0.29) is 5.56 Å². The Morgan fingerprint density at radius 3 is 2.63 bits per heavy atom. The van der Waals surface area contributed by atoms with Crippen LogP contribution in [0, 0.1) is 6.92 Å². The molecule has 1 heterocycles. The van der Waals surface area contributed by atoms with E-state index < -0.39 is 5.97 Å². The van der Waals surface area contributed by atoms with E-state index in [0.29, 0.717) is 11.7 Å². The zero-order valence-corrected chi connectivity index (χ0v) is 11.3. The molecule has 1 aliphatic rings. The number of carboxylic acids is 1. The summed E-state index contributed by atoms with van der Waals surface area (Å²) in [5.41, 5.74) is 8.03. The molecule has 1 fully saturated rings. The van der Waals surface area contributed by atoms with Crippen LogP contribution in [0.1, 0.15) is 28.8 Å². The molecule has 0 bridgehead atoms. The Balaban J connectivity index is 2.31. The van der Waals surface area contributed by atoms with E-state index in [9.17, 15) is 9.90 Å². The fraction of sp³-hybridized carbons (Fsp3) is 0.500. The Morgan fingerprint density at radius 2 is 2.05 bits per heavy atom. The highest BCUT2D eigenvalue weighted by molar-refractivity contribution is 5.95. The molecule has 3 N–H and O–H groups in total. The van der Waals surface area contributed by atoms with Crippen LogP contribution in [0.4, 0.5) is 11.4 Å². The van der Waals surface area contributed by atoms with Crippen molar-refractivity contribution in [2.75, 3.05) is 30.9 Å². The van der Waals surface area contributed by atoms with Crippen LogP contribution in [0.15, 0.2) is 12.1 Å². The Kier molecular flexibility index (Phi) is 3.95. The first-order chi connectivity index (χ1) is 9.00. The van der Waals surface area contributed by atoms with Crippen molar-refractivity contribution in [1.82, 2.24) is 0 Å². The molecule has 104 valence electrons. The maximum Gasteiger partial charge on any atom is 0.337 e. The molecule has 1 aromatic rings. The number of hydrogen-bond acceptors (Lipinski definition) is 4. The summed E-state index contributed by atoms with van der Waals surface area (Å²) in [6.07, 6.45) is 1.92. The van der Waals surface area contributed by atoms with Gasteiger partial charge in [0, 0.05) is 37.7 Å². The normalized spacial score (nSPS) is 16.3. The average Bonchev–Trinajstić information content (AvgIpc) is 2.41. The molecule has 0 atom stereocenters. The first-order valence-electron chi connectivity index (χ1n) is 6.44. The first kappa shape index (κ1) is 13.7. The molecule has 5 nitrogen and oxygen atoms in total. The predicted octanol–water partition coefficient (Wildman–Crippen LogP) is 1.89. The van der Waals surface area contributed by atoms with E-state index in [1.54, 1.807) is 6.07 Å². The Morgan fingerprint density at radius 1 is 1.42 bits per heavy atom. The zero-order valence-electron chi connectivity index (χ0n) is 11.3.